The van der Waals surface area contributed by atoms with Gasteiger partial charge in [-0.3, -0.25) is 9.52 Å². The van der Waals surface area contributed by atoms with Crippen molar-refractivity contribution in [3.63, 3.8) is 0 Å². The Hall–Kier alpha value is -2.68. The molecule has 1 aromatic heterocycles. The predicted molar refractivity (Wildman–Crippen MR) is 101 cm³/mol. The summed E-state index contributed by atoms with van der Waals surface area (Å²) in [7, 11) is -3.43. The quantitative estimate of drug-likeness (QED) is 0.824. The summed E-state index contributed by atoms with van der Waals surface area (Å²) >= 11 is 0. The summed E-state index contributed by atoms with van der Waals surface area (Å²) in [5, 5.41) is 2.84. The number of aromatic nitrogens is 2. The molecular formula is C17H21N5O3S. The Bertz CT molecular complexity index is 873. The fourth-order valence-corrected chi connectivity index (χ4v) is 3.52. The van der Waals surface area contributed by atoms with Crippen LogP contribution in [-0.4, -0.2) is 43.6 Å². The number of nitrogens with zero attached hydrogens (tertiary/aromatic N) is 3. The monoisotopic (exact) mass is 375 g/mol. The molecule has 0 saturated carbocycles. The molecule has 1 atom stereocenters. The van der Waals surface area contributed by atoms with Crippen LogP contribution < -0.4 is 14.9 Å². The van der Waals surface area contributed by atoms with Crippen molar-refractivity contribution in [1.82, 2.24) is 9.97 Å². The molecule has 3 rings (SSSR count). The number of rotatable bonds is 5. The molecule has 0 spiro atoms. The molecule has 1 aliphatic heterocycles. The van der Waals surface area contributed by atoms with E-state index in [-0.39, 0.29) is 11.8 Å². The molecule has 2 aromatic rings. The highest BCUT2D eigenvalue weighted by Gasteiger charge is 2.27. The van der Waals surface area contributed by atoms with Gasteiger partial charge in [0, 0.05) is 25.5 Å². The smallest absolute Gasteiger partial charge is 0.229 e. The molecule has 9 heteroatoms. The first kappa shape index (κ1) is 18.1. The number of sulfonamides is 1. The third kappa shape index (κ3) is 4.69. The Labute approximate surface area is 152 Å². The first-order valence-corrected chi connectivity index (χ1v) is 10.2. The van der Waals surface area contributed by atoms with Crippen LogP contribution in [0.25, 0.3) is 0 Å². The average molecular weight is 375 g/mol. The van der Waals surface area contributed by atoms with Gasteiger partial charge in [-0.2, -0.15) is 0 Å². The number of amides is 1. The van der Waals surface area contributed by atoms with Crippen molar-refractivity contribution in [3.05, 3.63) is 42.7 Å². The Morgan fingerprint density at radius 2 is 1.85 bits per heavy atom. The van der Waals surface area contributed by atoms with E-state index in [0.717, 1.165) is 25.6 Å². The zero-order valence-electron chi connectivity index (χ0n) is 14.4. The number of benzene rings is 1. The summed E-state index contributed by atoms with van der Waals surface area (Å²) in [6, 6.07) is 8.49. The predicted octanol–water partition coefficient (Wildman–Crippen LogP) is 1.70. The SMILES string of the molecule is CS(=O)(=O)Nc1ccccc1NC(=O)[C@H]1CCCN(c2ncccn2)C1. The first-order valence-electron chi connectivity index (χ1n) is 8.32. The highest BCUT2D eigenvalue weighted by atomic mass is 32.2. The van der Waals surface area contributed by atoms with Crippen LogP contribution in [0.2, 0.25) is 0 Å². The van der Waals surface area contributed by atoms with Crippen molar-refractivity contribution in [1.29, 1.82) is 0 Å². The molecule has 138 valence electrons. The molecule has 1 aliphatic rings. The van der Waals surface area contributed by atoms with E-state index in [1.807, 2.05) is 4.90 Å². The van der Waals surface area contributed by atoms with Crippen LogP contribution in [0.4, 0.5) is 17.3 Å². The molecular weight excluding hydrogens is 354 g/mol. The van der Waals surface area contributed by atoms with Gasteiger partial charge in [0.1, 0.15) is 0 Å². The Kier molecular flexibility index (Phi) is 5.36. The lowest BCUT2D eigenvalue weighted by Gasteiger charge is -2.32. The lowest BCUT2D eigenvalue weighted by molar-refractivity contribution is -0.120. The Balaban J connectivity index is 1.70. The summed E-state index contributed by atoms with van der Waals surface area (Å²) in [6.07, 6.45) is 6.05. The fraction of sp³-hybridized carbons (Fsp3) is 0.353. The van der Waals surface area contributed by atoms with Gasteiger partial charge in [-0.25, -0.2) is 18.4 Å². The molecule has 2 heterocycles. The number of hydrogen-bond acceptors (Lipinski definition) is 6. The van der Waals surface area contributed by atoms with Gasteiger partial charge in [0.25, 0.3) is 0 Å². The van der Waals surface area contributed by atoms with E-state index in [9.17, 15) is 13.2 Å². The topological polar surface area (TPSA) is 104 Å². The second-order valence-corrected chi connectivity index (χ2v) is 7.99. The molecule has 8 nitrogen and oxygen atoms in total. The number of anilines is 3. The highest BCUT2D eigenvalue weighted by Crippen LogP contribution is 2.25. The standard InChI is InChI=1S/C17H21N5O3S/c1-26(24,25)21-15-8-3-2-7-14(15)20-16(23)13-6-4-11-22(12-13)17-18-9-5-10-19-17/h2-3,5,7-10,13,21H,4,6,11-12H2,1H3,(H,20,23)/t13-/m0/s1. The van der Waals surface area contributed by atoms with Gasteiger partial charge in [0.2, 0.25) is 21.9 Å². The minimum absolute atomic E-state index is 0.145. The van der Waals surface area contributed by atoms with Gasteiger partial charge in [-0.1, -0.05) is 12.1 Å². The maximum absolute atomic E-state index is 12.7. The van der Waals surface area contributed by atoms with Gasteiger partial charge >= 0.3 is 0 Å². The van der Waals surface area contributed by atoms with E-state index in [4.69, 9.17) is 0 Å². The van der Waals surface area contributed by atoms with E-state index < -0.39 is 10.0 Å². The van der Waals surface area contributed by atoms with Crippen molar-refractivity contribution in [3.8, 4) is 0 Å². The summed E-state index contributed by atoms with van der Waals surface area (Å²) in [6.45, 7) is 1.33. The van der Waals surface area contributed by atoms with Crippen molar-refractivity contribution in [2.24, 2.45) is 5.92 Å². The number of hydrogen-bond donors (Lipinski definition) is 2. The zero-order chi connectivity index (χ0) is 18.6. The lowest BCUT2D eigenvalue weighted by Crippen LogP contribution is -2.41. The van der Waals surface area contributed by atoms with E-state index in [0.29, 0.717) is 23.9 Å². The van der Waals surface area contributed by atoms with Gasteiger partial charge in [-0.15, -0.1) is 0 Å². The third-order valence-electron chi connectivity index (χ3n) is 4.11. The van der Waals surface area contributed by atoms with E-state index in [2.05, 4.69) is 20.0 Å². The number of carbonyl (C=O) groups is 1. The van der Waals surface area contributed by atoms with Crippen LogP contribution in [-0.2, 0) is 14.8 Å². The molecule has 0 radical (unpaired) electrons. The molecule has 1 fully saturated rings. The van der Waals surface area contributed by atoms with Crippen LogP contribution in [0.3, 0.4) is 0 Å². The average Bonchev–Trinajstić information content (AvgIpc) is 2.63. The number of nitrogens with one attached hydrogen (secondary N) is 2. The molecule has 1 amide bonds. The zero-order valence-corrected chi connectivity index (χ0v) is 15.2. The highest BCUT2D eigenvalue weighted by molar-refractivity contribution is 7.92. The van der Waals surface area contributed by atoms with Crippen molar-refractivity contribution >= 4 is 33.3 Å². The second-order valence-electron chi connectivity index (χ2n) is 6.24. The van der Waals surface area contributed by atoms with Crippen LogP contribution in [0.1, 0.15) is 12.8 Å². The second kappa shape index (κ2) is 7.69. The minimum Gasteiger partial charge on any atom is -0.340 e. The van der Waals surface area contributed by atoms with Crippen LogP contribution >= 0.6 is 0 Å². The van der Waals surface area contributed by atoms with Gasteiger partial charge in [0.05, 0.1) is 23.5 Å². The van der Waals surface area contributed by atoms with Crippen LogP contribution in [0, 0.1) is 5.92 Å². The molecule has 26 heavy (non-hydrogen) atoms. The Morgan fingerprint density at radius 3 is 2.54 bits per heavy atom. The summed E-state index contributed by atoms with van der Waals surface area (Å²) in [4.78, 5) is 23.2. The molecule has 0 aliphatic carbocycles. The van der Waals surface area contributed by atoms with E-state index >= 15 is 0 Å². The van der Waals surface area contributed by atoms with Crippen molar-refractivity contribution in [2.45, 2.75) is 12.8 Å². The third-order valence-corrected chi connectivity index (χ3v) is 4.70. The normalized spacial score (nSPS) is 17.6. The maximum atomic E-state index is 12.7. The van der Waals surface area contributed by atoms with Crippen LogP contribution in [0.5, 0.6) is 0 Å². The van der Waals surface area contributed by atoms with Gasteiger partial charge in [0.15, 0.2) is 0 Å². The lowest BCUT2D eigenvalue weighted by atomic mass is 9.97. The van der Waals surface area contributed by atoms with Gasteiger partial charge in [-0.05, 0) is 31.0 Å². The summed E-state index contributed by atoms with van der Waals surface area (Å²) < 4.78 is 25.4. The fourth-order valence-electron chi connectivity index (χ4n) is 2.94. The number of piperidine rings is 1. The Morgan fingerprint density at radius 1 is 1.15 bits per heavy atom. The van der Waals surface area contributed by atoms with Crippen molar-refractivity contribution in [2.75, 3.05) is 34.3 Å². The molecule has 0 unspecified atom stereocenters. The molecule has 1 saturated heterocycles. The maximum Gasteiger partial charge on any atom is 0.229 e. The largest absolute Gasteiger partial charge is 0.340 e. The van der Waals surface area contributed by atoms with E-state index in [1.165, 1.54) is 0 Å². The molecule has 1 aromatic carbocycles. The van der Waals surface area contributed by atoms with Crippen molar-refractivity contribution < 1.29 is 13.2 Å². The molecule has 2 N–H and O–H groups in total. The number of carbonyl (C=O) groups excluding carboxylic acids is 1. The van der Waals surface area contributed by atoms with Gasteiger partial charge < -0.3 is 10.2 Å². The van der Waals surface area contributed by atoms with E-state index in [1.54, 1.807) is 42.7 Å². The summed E-state index contributed by atoms with van der Waals surface area (Å²) in [5.41, 5.74) is 0.790. The minimum atomic E-state index is -3.43. The van der Waals surface area contributed by atoms with Crippen LogP contribution in [0.15, 0.2) is 42.7 Å². The molecule has 0 bridgehead atoms. The summed E-state index contributed by atoms with van der Waals surface area (Å²) in [5.74, 6) is 0.247. The first-order chi connectivity index (χ1) is 12.4. The number of para-hydroxylation sites is 2.